The van der Waals surface area contributed by atoms with Crippen LogP contribution in [0.4, 0.5) is 0 Å². The molecular weight excluding hydrogens is 396 g/mol. The second-order valence-electron chi connectivity index (χ2n) is 12.8. The fraction of sp³-hybridized carbons (Fsp3) is 0.920. The van der Waals surface area contributed by atoms with Gasteiger partial charge in [0.1, 0.15) is 5.60 Å². The lowest BCUT2D eigenvalue weighted by Gasteiger charge is -2.64. The molecule has 7 fully saturated rings. The number of ether oxygens (including phenoxy) is 1. The summed E-state index contributed by atoms with van der Waals surface area (Å²) < 4.78 is 6.10. The minimum Gasteiger partial charge on any atom is -0.481 e. The van der Waals surface area contributed by atoms with E-state index in [1.54, 1.807) is 0 Å². The summed E-state index contributed by atoms with van der Waals surface area (Å²) in [6, 6.07) is 0. The van der Waals surface area contributed by atoms with E-state index in [9.17, 15) is 24.9 Å². The van der Waals surface area contributed by atoms with Crippen molar-refractivity contribution >= 4 is 11.9 Å². The number of esters is 1. The van der Waals surface area contributed by atoms with E-state index in [0.29, 0.717) is 48.3 Å². The number of hydrogen-bond acceptors (Lipinski definition) is 5. The molecule has 6 heteroatoms. The molecule has 170 valence electrons. The Bertz CT molecular complexity index is 902. The van der Waals surface area contributed by atoms with Gasteiger partial charge in [0.05, 0.1) is 11.7 Å². The Labute approximate surface area is 182 Å². The molecule has 13 atom stereocenters. The molecule has 0 amide bonds. The smallest absolute Gasteiger partial charge is 0.321 e. The molecule has 7 rings (SSSR count). The molecule has 6 nitrogen and oxygen atoms in total. The number of hydrogen-bond donors (Lipinski definition) is 3. The largest absolute Gasteiger partial charge is 0.481 e. The lowest BCUT2D eigenvalue weighted by atomic mass is 9.42. The molecule has 0 aromatic heterocycles. The second-order valence-corrected chi connectivity index (χ2v) is 12.8. The third-order valence-electron chi connectivity index (χ3n) is 12.1. The van der Waals surface area contributed by atoms with Crippen molar-refractivity contribution in [2.75, 3.05) is 0 Å². The van der Waals surface area contributed by atoms with Gasteiger partial charge in [0.25, 0.3) is 0 Å². The van der Waals surface area contributed by atoms with Crippen LogP contribution in [0.25, 0.3) is 0 Å². The Morgan fingerprint density at radius 2 is 1.71 bits per heavy atom. The molecule has 1 heterocycles. The summed E-state index contributed by atoms with van der Waals surface area (Å²) in [5.74, 6) is 0.464. The third kappa shape index (κ3) is 1.93. The topological polar surface area (TPSA) is 104 Å². The van der Waals surface area contributed by atoms with Crippen LogP contribution >= 0.6 is 0 Å². The number of fused-ring (bicyclic) bond motifs is 12. The van der Waals surface area contributed by atoms with Crippen LogP contribution < -0.4 is 0 Å². The van der Waals surface area contributed by atoms with Crippen LogP contribution in [0.3, 0.4) is 0 Å². The maximum absolute atomic E-state index is 12.6. The molecule has 31 heavy (non-hydrogen) atoms. The van der Waals surface area contributed by atoms with E-state index < -0.39 is 35.2 Å². The number of carbonyl (C=O) groups is 2. The predicted molar refractivity (Wildman–Crippen MR) is 108 cm³/mol. The molecule has 0 aromatic rings. The summed E-state index contributed by atoms with van der Waals surface area (Å²) in [5.41, 5.74) is -1.67. The molecule has 6 aliphatic carbocycles. The maximum atomic E-state index is 12.6. The van der Waals surface area contributed by atoms with Crippen molar-refractivity contribution < 1.29 is 29.6 Å². The van der Waals surface area contributed by atoms with E-state index in [1.165, 1.54) is 0 Å². The number of aliphatic hydroxyl groups is 2. The van der Waals surface area contributed by atoms with Crippen LogP contribution in [-0.4, -0.2) is 44.6 Å². The molecule has 6 saturated carbocycles. The van der Waals surface area contributed by atoms with Crippen molar-refractivity contribution in [3.8, 4) is 0 Å². The summed E-state index contributed by atoms with van der Waals surface area (Å²) in [6.07, 6.45) is 6.18. The van der Waals surface area contributed by atoms with Gasteiger partial charge in [-0.05, 0) is 79.4 Å². The van der Waals surface area contributed by atoms with Gasteiger partial charge in [0.2, 0.25) is 0 Å². The summed E-state index contributed by atoms with van der Waals surface area (Å²) in [4.78, 5) is 24.3. The molecule has 3 N–H and O–H groups in total. The Kier molecular flexibility index (Phi) is 3.32. The minimum atomic E-state index is -1.04. The van der Waals surface area contributed by atoms with Crippen LogP contribution in [0.2, 0.25) is 0 Å². The fourth-order valence-electron chi connectivity index (χ4n) is 10.7. The van der Waals surface area contributed by atoms with Gasteiger partial charge in [0, 0.05) is 24.2 Å². The second kappa shape index (κ2) is 5.32. The Morgan fingerprint density at radius 1 is 1.00 bits per heavy atom. The molecule has 1 aliphatic heterocycles. The van der Waals surface area contributed by atoms with Gasteiger partial charge >= 0.3 is 11.9 Å². The average molecular weight is 431 g/mol. The summed E-state index contributed by atoms with van der Waals surface area (Å²) in [6.45, 7) is 4.58. The van der Waals surface area contributed by atoms with Gasteiger partial charge in [-0.15, -0.1) is 0 Å². The van der Waals surface area contributed by atoms with Crippen molar-refractivity contribution in [1.82, 2.24) is 0 Å². The molecule has 1 saturated heterocycles. The lowest BCUT2D eigenvalue weighted by Crippen LogP contribution is -2.65. The van der Waals surface area contributed by atoms with Crippen LogP contribution in [0.1, 0.15) is 65.2 Å². The minimum absolute atomic E-state index is 0.158. The highest BCUT2D eigenvalue weighted by atomic mass is 16.6. The Balaban J connectivity index is 1.29. The van der Waals surface area contributed by atoms with Crippen molar-refractivity contribution in [3.05, 3.63) is 0 Å². The zero-order valence-corrected chi connectivity index (χ0v) is 18.4. The molecule has 0 bridgehead atoms. The van der Waals surface area contributed by atoms with Gasteiger partial charge in [-0.2, -0.15) is 0 Å². The monoisotopic (exact) mass is 430 g/mol. The van der Waals surface area contributed by atoms with E-state index in [-0.39, 0.29) is 16.7 Å². The predicted octanol–water partition coefficient (Wildman–Crippen LogP) is 2.60. The number of carboxylic acids is 1. The third-order valence-corrected chi connectivity index (χ3v) is 12.1. The lowest BCUT2D eigenvalue weighted by molar-refractivity contribution is -0.237. The zero-order chi connectivity index (χ0) is 21.7. The van der Waals surface area contributed by atoms with E-state index in [1.807, 2.05) is 0 Å². The summed E-state index contributed by atoms with van der Waals surface area (Å²) in [5, 5.41) is 31.9. The van der Waals surface area contributed by atoms with Crippen LogP contribution in [0.5, 0.6) is 0 Å². The molecule has 1 spiro atoms. The highest BCUT2D eigenvalue weighted by Crippen LogP contribution is 2.83. The van der Waals surface area contributed by atoms with Gasteiger partial charge in [0.15, 0.2) is 5.92 Å². The molecular formula is C25H34O6. The first-order valence-corrected chi connectivity index (χ1v) is 12.4. The summed E-state index contributed by atoms with van der Waals surface area (Å²) in [7, 11) is 0. The van der Waals surface area contributed by atoms with E-state index in [2.05, 4.69) is 13.8 Å². The first-order valence-electron chi connectivity index (χ1n) is 12.4. The van der Waals surface area contributed by atoms with Gasteiger partial charge < -0.3 is 20.1 Å². The summed E-state index contributed by atoms with van der Waals surface area (Å²) >= 11 is 0. The first-order chi connectivity index (χ1) is 14.6. The number of carboxylic acid groups (broad SMARTS) is 1. The number of aliphatic carboxylic acids is 1. The van der Waals surface area contributed by atoms with Gasteiger partial charge in [-0.1, -0.05) is 13.8 Å². The Hall–Kier alpha value is -1.14. The van der Waals surface area contributed by atoms with Crippen LogP contribution in [-0.2, 0) is 14.3 Å². The van der Waals surface area contributed by atoms with Crippen molar-refractivity contribution in [2.45, 2.75) is 82.5 Å². The number of aliphatic hydroxyl groups excluding tert-OH is 1. The standard InChI is InChI=1S/C25H34O6/c1-22-5-3-11(26)9-24(22,30)16-7-12(16)18-15(22)4-6-23(2)19(18)13-8-17(13)25(23)10-14(20(27)28)21(29)31-25/h11-19,26,30H,3-10H2,1-2H3,(H,27,28)/t11?,12?,13?,14?,15?,16?,17?,18?,19?,22-,23+,24?,25+/m1/s1. The molecule has 0 radical (unpaired) electrons. The highest BCUT2D eigenvalue weighted by Gasteiger charge is 2.83. The van der Waals surface area contributed by atoms with Crippen LogP contribution in [0.15, 0.2) is 0 Å². The van der Waals surface area contributed by atoms with E-state index >= 15 is 0 Å². The maximum Gasteiger partial charge on any atom is 0.321 e. The van der Waals surface area contributed by atoms with Crippen LogP contribution in [0, 0.1) is 58.2 Å². The number of carbonyl (C=O) groups excluding carboxylic acids is 1. The molecule has 0 aromatic carbocycles. The number of rotatable bonds is 1. The quantitative estimate of drug-likeness (QED) is 0.436. The van der Waals surface area contributed by atoms with Gasteiger partial charge in [-0.3, -0.25) is 9.59 Å². The normalized spacial score (nSPS) is 65.2. The molecule has 10 unspecified atom stereocenters. The van der Waals surface area contributed by atoms with E-state index in [4.69, 9.17) is 4.74 Å². The van der Waals surface area contributed by atoms with Crippen molar-refractivity contribution in [3.63, 3.8) is 0 Å². The molecule has 7 aliphatic rings. The first kappa shape index (κ1) is 19.3. The zero-order valence-electron chi connectivity index (χ0n) is 18.4. The fourth-order valence-corrected chi connectivity index (χ4v) is 10.7. The van der Waals surface area contributed by atoms with Crippen molar-refractivity contribution in [2.24, 2.45) is 58.2 Å². The Morgan fingerprint density at radius 3 is 2.42 bits per heavy atom. The van der Waals surface area contributed by atoms with Gasteiger partial charge in [-0.25, -0.2) is 0 Å². The van der Waals surface area contributed by atoms with Crippen molar-refractivity contribution in [1.29, 1.82) is 0 Å². The SMILES string of the molecule is C[C@]12CCC3C(C4CC4C4(O)CC(O)CC[C@]34C)C1C1CC1[C@@]21CC(C(=O)O)C(=O)O1. The average Bonchev–Trinajstić information content (AvgIpc) is 3.60. The highest BCUT2D eigenvalue weighted by molar-refractivity contribution is 5.96. The van der Waals surface area contributed by atoms with E-state index in [0.717, 1.165) is 38.5 Å².